The highest BCUT2D eigenvalue weighted by molar-refractivity contribution is 5.79. The fraction of sp³-hybridized carbons (Fsp3) is 0.364. The Morgan fingerprint density at radius 3 is 2.27 bits per heavy atom. The summed E-state index contributed by atoms with van der Waals surface area (Å²) in [6, 6.07) is 5.91. The zero-order chi connectivity index (χ0) is 11.3. The summed E-state index contributed by atoms with van der Waals surface area (Å²) < 4.78 is 24.4. The third-order valence-electron chi connectivity index (χ3n) is 1.66. The smallest absolute Gasteiger partial charge is 0.263 e. The highest BCUT2D eigenvalue weighted by Crippen LogP contribution is 2.18. The summed E-state index contributed by atoms with van der Waals surface area (Å²) in [6.45, 7) is 3.72. The van der Waals surface area contributed by atoms with Crippen molar-refractivity contribution in [3.05, 3.63) is 35.4 Å². The topological polar surface area (TPSA) is 21.6 Å². The lowest BCUT2D eigenvalue weighted by Crippen LogP contribution is -1.96. The Hall–Kier alpha value is -1.45. The SMILES string of the molecule is CC(C)ON=Cc1ccc(C(F)F)cc1. The maximum atomic E-state index is 12.2. The van der Waals surface area contributed by atoms with Gasteiger partial charge in [0, 0.05) is 5.56 Å². The third kappa shape index (κ3) is 4.06. The van der Waals surface area contributed by atoms with Gasteiger partial charge < -0.3 is 4.84 Å². The van der Waals surface area contributed by atoms with Crippen molar-refractivity contribution in [2.45, 2.75) is 26.4 Å². The van der Waals surface area contributed by atoms with Gasteiger partial charge in [0.1, 0.15) is 6.10 Å². The molecule has 1 rings (SSSR count). The van der Waals surface area contributed by atoms with E-state index in [1.807, 2.05) is 13.8 Å². The fourth-order valence-corrected chi connectivity index (χ4v) is 0.941. The molecule has 15 heavy (non-hydrogen) atoms. The average Bonchev–Trinajstić information content (AvgIpc) is 2.18. The quantitative estimate of drug-likeness (QED) is 0.555. The summed E-state index contributed by atoms with van der Waals surface area (Å²) >= 11 is 0. The first-order chi connectivity index (χ1) is 7.09. The van der Waals surface area contributed by atoms with Gasteiger partial charge in [0.05, 0.1) is 6.21 Å². The van der Waals surface area contributed by atoms with E-state index in [9.17, 15) is 8.78 Å². The zero-order valence-corrected chi connectivity index (χ0v) is 8.65. The van der Waals surface area contributed by atoms with Crippen LogP contribution in [0.4, 0.5) is 8.78 Å². The van der Waals surface area contributed by atoms with Crippen molar-refractivity contribution in [1.82, 2.24) is 0 Å². The van der Waals surface area contributed by atoms with Gasteiger partial charge >= 0.3 is 0 Å². The van der Waals surface area contributed by atoms with Crippen LogP contribution in [0.5, 0.6) is 0 Å². The van der Waals surface area contributed by atoms with Crippen LogP contribution in [0.1, 0.15) is 31.4 Å². The first-order valence-corrected chi connectivity index (χ1v) is 4.67. The maximum absolute atomic E-state index is 12.2. The van der Waals surface area contributed by atoms with Gasteiger partial charge in [-0.2, -0.15) is 0 Å². The molecule has 0 amide bonds. The Balaban J connectivity index is 2.60. The molecule has 0 N–H and O–H groups in total. The second kappa shape index (κ2) is 5.44. The molecule has 0 aliphatic carbocycles. The van der Waals surface area contributed by atoms with Crippen LogP contribution in [0.15, 0.2) is 29.4 Å². The van der Waals surface area contributed by atoms with Gasteiger partial charge in [0.2, 0.25) is 0 Å². The number of nitrogens with zero attached hydrogens (tertiary/aromatic N) is 1. The van der Waals surface area contributed by atoms with Crippen LogP contribution in [0.2, 0.25) is 0 Å². The minimum absolute atomic E-state index is 0.0110. The molecule has 0 radical (unpaired) electrons. The van der Waals surface area contributed by atoms with Crippen LogP contribution in [-0.4, -0.2) is 12.3 Å². The Kier molecular flexibility index (Phi) is 4.21. The van der Waals surface area contributed by atoms with E-state index in [1.165, 1.54) is 18.3 Å². The van der Waals surface area contributed by atoms with E-state index in [0.717, 1.165) is 5.56 Å². The molecular formula is C11H13F2NO. The number of oxime groups is 1. The van der Waals surface area contributed by atoms with Gasteiger partial charge in [-0.15, -0.1) is 0 Å². The normalized spacial score (nSPS) is 11.6. The lowest BCUT2D eigenvalue weighted by molar-refractivity contribution is 0.0874. The Labute approximate surface area is 87.6 Å². The molecule has 0 aromatic heterocycles. The molecule has 0 saturated carbocycles. The van der Waals surface area contributed by atoms with Crippen LogP contribution in [0, 0.1) is 0 Å². The van der Waals surface area contributed by atoms with Crippen molar-refractivity contribution in [2.75, 3.05) is 0 Å². The molecule has 0 atom stereocenters. The molecule has 0 unspecified atom stereocenters. The van der Waals surface area contributed by atoms with Gasteiger partial charge in [0.15, 0.2) is 0 Å². The van der Waals surface area contributed by atoms with Crippen LogP contribution >= 0.6 is 0 Å². The van der Waals surface area contributed by atoms with Gasteiger partial charge in [-0.3, -0.25) is 0 Å². The lowest BCUT2D eigenvalue weighted by Gasteiger charge is -2.01. The standard InChI is InChI=1S/C11H13F2NO/c1-8(2)15-14-7-9-3-5-10(6-4-9)11(12)13/h3-8,11H,1-2H3. The van der Waals surface area contributed by atoms with E-state index in [1.54, 1.807) is 12.1 Å². The van der Waals surface area contributed by atoms with Gasteiger partial charge in [0.25, 0.3) is 6.43 Å². The highest BCUT2D eigenvalue weighted by atomic mass is 19.3. The number of hydrogen-bond acceptors (Lipinski definition) is 2. The monoisotopic (exact) mass is 213 g/mol. The molecule has 0 saturated heterocycles. The summed E-state index contributed by atoms with van der Waals surface area (Å²) in [5.41, 5.74) is 0.747. The van der Waals surface area contributed by atoms with Crippen LogP contribution in [-0.2, 0) is 4.84 Å². The first-order valence-electron chi connectivity index (χ1n) is 4.67. The Morgan fingerprint density at radius 1 is 1.20 bits per heavy atom. The minimum Gasteiger partial charge on any atom is -0.393 e. The molecule has 0 aliphatic heterocycles. The van der Waals surface area contributed by atoms with E-state index >= 15 is 0 Å². The summed E-state index contributed by atoms with van der Waals surface area (Å²) in [7, 11) is 0. The van der Waals surface area contributed by atoms with E-state index < -0.39 is 6.43 Å². The largest absolute Gasteiger partial charge is 0.393 e. The number of benzene rings is 1. The number of rotatable bonds is 4. The highest BCUT2D eigenvalue weighted by Gasteiger charge is 2.04. The van der Waals surface area contributed by atoms with Crippen LogP contribution in [0.25, 0.3) is 0 Å². The lowest BCUT2D eigenvalue weighted by atomic mass is 10.1. The summed E-state index contributed by atoms with van der Waals surface area (Å²) in [6.07, 6.45) is -0.917. The van der Waals surface area contributed by atoms with Crippen LogP contribution in [0.3, 0.4) is 0 Å². The van der Waals surface area contributed by atoms with E-state index in [4.69, 9.17) is 4.84 Å². The predicted octanol–water partition coefficient (Wildman–Crippen LogP) is 3.38. The van der Waals surface area contributed by atoms with E-state index in [-0.39, 0.29) is 11.7 Å². The summed E-state index contributed by atoms with van der Waals surface area (Å²) in [4.78, 5) is 4.94. The summed E-state index contributed by atoms with van der Waals surface area (Å²) in [5.74, 6) is 0. The van der Waals surface area contributed by atoms with Crippen LogP contribution < -0.4 is 0 Å². The zero-order valence-electron chi connectivity index (χ0n) is 8.65. The second-order valence-corrected chi connectivity index (χ2v) is 3.36. The molecule has 82 valence electrons. The van der Waals surface area contributed by atoms with Crippen molar-refractivity contribution in [3.8, 4) is 0 Å². The molecule has 0 heterocycles. The molecule has 0 aliphatic rings. The second-order valence-electron chi connectivity index (χ2n) is 3.36. The Bertz CT molecular complexity index is 320. The van der Waals surface area contributed by atoms with Crippen molar-refractivity contribution in [2.24, 2.45) is 5.16 Å². The van der Waals surface area contributed by atoms with Gasteiger partial charge in [-0.05, 0) is 19.4 Å². The van der Waals surface area contributed by atoms with Crippen molar-refractivity contribution >= 4 is 6.21 Å². The number of hydrogen-bond donors (Lipinski definition) is 0. The molecule has 1 aromatic rings. The predicted molar refractivity (Wildman–Crippen MR) is 55.2 cm³/mol. The van der Waals surface area contributed by atoms with Crippen molar-refractivity contribution in [1.29, 1.82) is 0 Å². The molecule has 0 bridgehead atoms. The third-order valence-corrected chi connectivity index (χ3v) is 1.66. The van der Waals surface area contributed by atoms with Gasteiger partial charge in [-0.25, -0.2) is 8.78 Å². The van der Waals surface area contributed by atoms with E-state index in [0.29, 0.717) is 0 Å². The fourth-order valence-electron chi connectivity index (χ4n) is 0.941. The first kappa shape index (κ1) is 11.6. The van der Waals surface area contributed by atoms with E-state index in [2.05, 4.69) is 5.16 Å². The number of alkyl halides is 2. The minimum atomic E-state index is -2.43. The number of halogens is 2. The maximum Gasteiger partial charge on any atom is 0.263 e. The van der Waals surface area contributed by atoms with Crippen molar-refractivity contribution in [3.63, 3.8) is 0 Å². The molecule has 1 aromatic carbocycles. The molecule has 2 nitrogen and oxygen atoms in total. The Morgan fingerprint density at radius 2 is 1.80 bits per heavy atom. The van der Waals surface area contributed by atoms with Gasteiger partial charge in [-0.1, -0.05) is 29.4 Å². The average molecular weight is 213 g/mol. The molecule has 0 fully saturated rings. The molecule has 0 spiro atoms. The summed E-state index contributed by atoms with van der Waals surface area (Å²) in [5, 5.41) is 3.70. The molecule has 4 heteroatoms. The van der Waals surface area contributed by atoms with Crippen molar-refractivity contribution < 1.29 is 13.6 Å². The molecular weight excluding hydrogens is 200 g/mol.